The Kier molecular flexibility index (Phi) is 4.74. The van der Waals surface area contributed by atoms with E-state index >= 15 is 0 Å². The van der Waals surface area contributed by atoms with Crippen LogP contribution in [0.3, 0.4) is 0 Å². The van der Waals surface area contributed by atoms with Gasteiger partial charge in [0.05, 0.1) is 0 Å². The summed E-state index contributed by atoms with van der Waals surface area (Å²) >= 11 is 0. The highest BCUT2D eigenvalue weighted by molar-refractivity contribution is 5.95. The summed E-state index contributed by atoms with van der Waals surface area (Å²) in [4.78, 5) is 14.6. The Hall–Kier alpha value is -2.49. The molecule has 2 aromatic rings. The summed E-state index contributed by atoms with van der Waals surface area (Å²) in [5.74, 6) is 0.619. The van der Waals surface area contributed by atoms with Crippen LogP contribution in [-0.2, 0) is 0 Å². The molecule has 0 aliphatic carbocycles. The van der Waals surface area contributed by atoms with Gasteiger partial charge in [-0.3, -0.25) is 4.79 Å². The maximum Gasteiger partial charge on any atom is 0.253 e. The third-order valence-corrected chi connectivity index (χ3v) is 4.98. The Labute approximate surface area is 143 Å². The number of nitrogens with zero attached hydrogens (tertiary/aromatic N) is 1. The van der Waals surface area contributed by atoms with Gasteiger partial charge in [-0.1, -0.05) is 18.2 Å². The van der Waals surface area contributed by atoms with Crippen molar-refractivity contribution in [3.63, 3.8) is 0 Å². The lowest BCUT2D eigenvalue weighted by Gasteiger charge is -2.32. The summed E-state index contributed by atoms with van der Waals surface area (Å²) in [6, 6.07) is 14.2. The van der Waals surface area contributed by atoms with Gasteiger partial charge in [0.15, 0.2) is 0 Å². The number of hydrogen-bond acceptors (Lipinski definition) is 3. The highest BCUT2D eigenvalue weighted by Gasteiger charge is 2.24. The molecule has 0 saturated carbocycles. The van der Waals surface area contributed by atoms with Crippen molar-refractivity contribution >= 4 is 17.3 Å². The molecule has 1 aliphatic heterocycles. The van der Waals surface area contributed by atoms with Gasteiger partial charge in [-0.2, -0.15) is 0 Å². The van der Waals surface area contributed by atoms with Gasteiger partial charge in [0.2, 0.25) is 0 Å². The van der Waals surface area contributed by atoms with E-state index in [0.29, 0.717) is 17.2 Å². The van der Waals surface area contributed by atoms with Crippen LogP contribution in [0.1, 0.15) is 40.2 Å². The van der Waals surface area contributed by atoms with E-state index in [0.717, 1.165) is 37.2 Å². The number of likely N-dealkylation sites (tertiary alicyclic amines) is 1. The van der Waals surface area contributed by atoms with E-state index in [2.05, 4.69) is 29.6 Å². The molecule has 0 spiro atoms. The minimum atomic E-state index is 0.0886. The summed E-state index contributed by atoms with van der Waals surface area (Å²) < 4.78 is 0. The largest absolute Gasteiger partial charge is 0.398 e. The lowest BCUT2D eigenvalue weighted by Crippen LogP contribution is -2.37. The molecule has 1 fully saturated rings. The second kappa shape index (κ2) is 6.95. The van der Waals surface area contributed by atoms with Crippen molar-refractivity contribution in [1.82, 2.24) is 4.90 Å². The van der Waals surface area contributed by atoms with Crippen molar-refractivity contribution in [3.05, 3.63) is 59.2 Å². The van der Waals surface area contributed by atoms with E-state index < -0.39 is 0 Å². The van der Waals surface area contributed by atoms with Crippen LogP contribution in [0.4, 0.5) is 11.4 Å². The number of amides is 1. The Morgan fingerprint density at radius 3 is 2.38 bits per heavy atom. The quantitative estimate of drug-likeness (QED) is 0.848. The Morgan fingerprint density at radius 2 is 1.79 bits per heavy atom. The zero-order valence-electron chi connectivity index (χ0n) is 14.4. The van der Waals surface area contributed by atoms with Gasteiger partial charge < -0.3 is 16.0 Å². The number of anilines is 2. The highest BCUT2D eigenvalue weighted by atomic mass is 16.2. The molecule has 1 heterocycles. The van der Waals surface area contributed by atoms with E-state index in [1.165, 1.54) is 5.56 Å². The summed E-state index contributed by atoms with van der Waals surface area (Å²) in [5, 5.41) is 3.14. The molecule has 24 heavy (non-hydrogen) atoms. The van der Waals surface area contributed by atoms with Crippen LogP contribution >= 0.6 is 0 Å². The van der Waals surface area contributed by atoms with Gasteiger partial charge in [0.1, 0.15) is 0 Å². The Bertz CT molecular complexity index is 716. The Balaban J connectivity index is 1.63. The van der Waals surface area contributed by atoms with E-state index in [9.17, 15) is 4.79 Å². The molecule has 0 radical (unpaired) electrons. The first kappa shape index (κ1) is 16.4. The van der Waals surface area contributed by atoms with Crippen LogP contribution in [0, 0.1) is 6.92 Å². The maximum absolute atomic E-state index is 12.7. The van der Waals surface area contributed by atoms with Gasteiger partial charge in [-0.15, -0.1) is 0 Å². The van der Waals surface area contributed by atoms with Crippen molar-refractivity contribution < 1.29 is 4.79 Å². The summed E-state index contributed by atoms with van der Waals surface area (Å²) in [6.45, 7) is 3.55. The lowest BCUT2D eigenvalue weighted by atomic mass is 9.89. The molecule has 2 aromatic carbocycles. The van der Waals surface area contributed by atoms with E-state index in [4.69, 9.17) is 5.73 Å². The molecule has 1 amide bonds. The van der Waals surface area contributed by atoms with Crippen LogP contribution in [0.2, 0.25) is 0 Å². The van der Waals surface area contributed by atoms with Crippen molar-refractivity contribution in [2.45, 2.75) is 25.7 Å². The summed E-state index contributed by atoms with van der Waals surface area (Å²) in [6.07, 6.45) is 2.01. The number of rotatable bonds is 3. The van der Waals surface area contributed by atoms with Crippen LogP contribution in [0.25, 0.3) is 0 Å². The number of nitrogen functional groups attached to an aromatic ring is 1. The highest BCUT2D eigenvalue weighted by Crippen LogP contribution is 2.29. The second-order valence-electron chi connectivity index (χ2n) is 6.51. The van der Waals surface area contributed by atoms with E-state index in [1.54, 1.807) is 6.07 Å². The first-order valence-corrected chi connectivity index (χ1v) is 8.51. The summed E-state index contributed by atoms with van der Waals surface area (Å²) in [5.41, 5.74) is 10.8. The average molecular weight is 323 g/mol. The van der Waals surface area contributed by atoms with Crippen molar-refractivity contribution in [1.29, 1.82) is 0 Å². The maximum atomic E-state index is 12.7. The van der Waals surface area contributed by atoms with Crippen molar-refractivity contribution in [3.8, 4) is 0 Å². The Morgan fingerprint density at radius 1 is 1.12 bits per heavy atom. The second-order valence-corrected chi connectivity index (χ2v) is 6.51. The van der Waals surface area contributed by atoms with Crippen LogP contribution < -0.4 is 11.1 Å². The van der Waals surface area contributed by atoms with Gasteiger partial charge >= 0.3 is 0 Å². The van der Waals surface area contributed by atoms with E-state index in [-0.39, 0.29) is 5.91 Å². The van der Waals surface area contributed by atoms with Gasteiger partial charge in [0, 0.05) is 37.1 Å². The molecule has 1 aliphatic rings. The third kappa shape index (κ3) is 3.37. The first-order chi connectivity index (χ1) is 11.6. The van der Waals surface area contributed by atoms with E-state index in [1.807, 2.05) is 31.0 Å². The first-order valence-electron chi connectivity index (χ1n) is 8.51. The minimum Gasteiger partial charge on any atom is -0.398 e. The molecule has 4 nitrogen and oxygen atoms in total. The molecule has 4 heteroatoms. The number of benzene rings is 2. The number of carbonyl (C=O) groups excluding carboxylic acids is 1. The third-order valence-electron chi connectivity index (χ3n) is 4.98. The predicted molar refractivity (Wildman–Crippen MR) is 99.5 cm³/mol. The average Bonchev–Trinajstić information content (AvgIpc) is 2.63. The minimum absolute atomic E-state index is 0.0886. The number of aryl methyl sites for hydroxylation is 1. The number of nitrogens with two attached hydrogens (primary N) is 1. The monoisotopic (exact) mass is 323 g/mol. The number of nitrogens with one attached hydrogen (secondary N) is 1. The molecule has 0 aromatic heterocycles. The summed E-state index contributed by atoms with van der Waals surface area (Å²) in [7, 11) is 1.93. The van der Waals surface area contributed by atoms with Gasteiger partial charge in [0.25, 0.3) is 5.91 Å². The molecule has 0 unspecified atom stereocenters. The van der Waals surface area contributed by atoms with Crippen LogP contribution in [0.5, 0.6) is 0 Å². The van der Waals surface area contributed by atoms with Gasteiger partial charge in [-0.05, 0) is 61.1 Å². The SMILES string of the molecule is CNc1ccc(C2CCN(C(=O)c3ccc(C)c(N)c3)CC2)cc1. The zero-order valence-corrected chi connectivity index (χ0v) is 14.4. The van der Waals surface area contributed by atoms with Crippen molar-refractivity contribution in [2.24, 2.45) is 0 Å². The molecule has 0 bridgehead atoms. The fraction of sp³-hybridized carbons (Fsp3) is 0.350. The smallest absolute Gasteiger partial charge is 0.253 e. The van der Waals surface area contributed by atoms with Crippen molar-refractivity contribution in [2.75, 3.05) is 31.2 Å². The predicted octanol–water partition coefficient (Wildman–Crippen LogP) is 3.64. The molecule has 0 atom stereocenters. The standard InChI is InChI=1S/C20H25N3O/c1-14-3-4-17(13-19(14)21)20(24)23-11-9-16(10-12-23)15-5-7-18(22-2)8-6-15/h3-8,13,16,22H,9-12,21H2,1-2H3. The number of carbonyl (C=O) groups is 1. The zero-order chi connectivity index (χ0) is 17.1. The molecule has 1 saturated heterocycles. The molecular weight excluding hydrogens is 298 g/mol. The van der Waals surface area contributed by atoms with Crippen LogP contribution in [-0.4, -0.2) is 30.9 Å². The van der Waals surface area contributed by atoms with Gasteiger partial charge in [-0.25, -0.2) is 0 Å². The fourth-order valence-corrected chi connectivity index (χ4v) is 3.29. The molecule has 126 valence electrons. The topological polar surface area (TPSA) is 58.4 Å². The van der Waals surface area contributed by atoms with Crippen LogP contribution in [0.15, 0.2) is 42.5 Å². The fourth-order valence-electron chi connectivity index (χ4n) is 3.29. The number of hydrogen-bond donors (Lipinski definition) is 2. The molecule has 3 rings (SSSR count). The molecular formula is C20H25N3O. The normalized spacial score (nSPS) is 15.3. The molecule has 3 N–H and O–H groups in total. The lowest BCUT2D eigenvalue weighted by molar-refractivity contribution is 0.0713. The number of piperidine rings is 1.